The molecule has 20 heavy (non-hydrogen) atoms. The van der Waals surface area contributed by atoms with E-state index in [1.807, 2.05) is 0 Å². The number of aromatic carboxylic acids is 1. The van der Waals surface area contributed by atoms with Gasteiger partial charge in [-0.25, -0.2) is 9.78 Å². The highest BCUT2D eigenvalue weighted by Crippen LogP contribution is 2.45. The fourth-order valence-corrected chi connectivity index (χ4v) is 2.87. The average molecular weight is 274 g/mol. The molecule has 1 aromatic heterocycles. The molecule has 0 spiro atoms. The molecule has 0 bridgehead atoms. The number of carbonyl (C=O) groups is 1. The number of anilines is 1. The first kappa shape index (κ1) is 13.4. The number of carboxylic acids is 1. The molecule has 2 N–H and O–H groups in total. The summed E-state index contributed by atoms with van der Waals surface area (Å²) in [6.45, 7) is 2.08. The fourth-order valence-electron chi connectivity index (χ4n) is 2.87. The van der Waals surface area contributed by atoms with Crippen molar-refractivity contribution in [2.75, 3.05) is 5.32 Å². The Balaban J connectivity index is 1.81. The number of hydrogen-bond donors (Lipinski definition) is 2. The molecule has 0 saturated heterocycles. The third-order valence-electron chi connectivity index (χ3n) is 4.21. The number of pyridine rings is 1. The number of aryl methyl sites for hydroxylation is 1. The van der Waals surface area contributed by atoms with E-state index < -0.39 is 5.97 Å². The third kappa shape index (κ3) is 3.11. The van der Waals surface area contributed by atoms with Gasteiger partial charge in [-0.3, -0.25) is 0 Å². The van der Waals surface area contributed by atoms with Crippen LogP contribution in [0.4, 0.5) is 5.82 Å². The molecule has 0 radical (unpaired) electrons. The van der Waals surface area contributed by atoms with E-state index in [2.05, 4.69) is 17.2 Å². The molecule has 2 saturated carbocycles. The van der Waals surface area contributed by atoms with Crippen molar-refractivity contribution in [1.29, 1.82) is 0 Å². The summed E-state index contributed by atoms with van der Waals surface area (Å²) in [6.07, 6.45) is 7.00. The molecule has 0 unspecified atom stereocenters. The number of hydrogen-bond acceptors (Lipinski definition) is 3. The maximum Gasteiger partial charge on any atom is 0.335 e. The van der Waals surface area contributed by atoms with Crippen molar-refractivity contribution in [3.8, 4) is 0 Å². The summed E-state index contributed by atoms with van der Waals surface area (Å²) in [7, 11) is 0. The Bertz CT molecular complexity index is 495. The minimum absolute atomic E-state index is 0.344. The molecule has 0 atom stereocenters. The minimum Gasteiger partial charge on any atom is -0.478 e. The Morgan fingerprint density at radius 3 is 2.50 bits per heavy atom. The lowest BCUT2D eigenvalue weighted by Crippen LogP contribution is -2.25. The second kappa shape index (κ2) is 5.43. The van der Waals surface area contributed by atoms with E-state index in [0.717, 1.165) is 36.2 Å². The van der Waals surface area contributed by atoms with Gasteiger partial charge < -0.3 is 10.4 Å². The number of nitrogens with zero attached hydrogens (tertiary/aromatic N) is 1. The van der Waals surface area contributed by atoms with E-state index in [1.54, 1.807) is 12.1 Å². The lowest BCUT2D eigenvalue weighted by molar-refractivity contribution is 0.0696. The van der Waals surface area contributed by atoms with Gasteiger partial charge in [0.2, 0.25) is 0 Å². The van der Waals surface area contributed by atoms with Crippen molar-refractivity contribution in [1.82, 2.24) is 4.98 Å². The Morgan fingerprint density at radius 1 is 1.35 bits per heavy atom. The maximum atomic E-state index is 11.2. The van der Waals surface area contributed by atoms with Crippen molar-refractivity contribution in [3.05, 3.63) is 23.4 Å². The van der Waals surface area contributed by atoms with Crippen LogP contribution in [0.5, 0.6) is 0 Å². The molecule has 0 aromatic carbocycles. The van der Waals surface area contributed by atoms with Crippen LogP contribution in [0.25, 0.3) is 0 Å². The largest absolute Gasteiger partial charge is 0.478 e. The zero-order chi connectivity index (χ0) is 14.1. The average Bonchev–Trinajstić information content (AvgIpc) is 3.28. The highest BCUT2D eigenvalue weighted by Gasteiger charge is 2.41. The van der Waals surface area contributed by atoms with Gasteiger partial charge in [-0.1, -0.05) is 13.3 Å². The van der Waals surface area contributed by atoms with E-state index in [0.29, 0.717) is 11.6 Å². The lowest BCUT2D eigenvalue weighted by atomic mass is 10.1. The Labute approximate surface area is 119 Å². The molecule has 4 nitrogen and oxygen atoms in total. The van der Waals surface area contributed by atoms with E-state index in [4.69, 9.17) is 0 Å². The molecule has 1 heterocycles. The predicted molar refractivity (Wildman–Crippen MR) is 78.1 cm³/mol. The molecule has 2 fully saturated rings. The molecule has 0 amide bonds. The maximum absolute atomic E-state index is 11.2. The summed E-state index contributed by atoms with van der Waals surface area (Å²) < 4.78 is 0. The quantitative estimate of drug-likeness (QED) is 0.800. The normalized spacial score (nSPS) is 18.3. The predicted octanol–water partition coefficient (Wildman–Crippen LogP) is 3.33. The molecular formula is C16H22N2O2. The van der Waals surface area contributed by atoms with Crippen molar-refractivity contribution in [2.24, 2.45) is 11.8 Å². The summed E-state index contributed by atoms with van der Waals surface area (Å²) in [6, 6.07) is 3.88. The Morgan fingerprint density at radius 2 is 2.00 bits per heavy atom. The van der Waals surface area contributed by atoms with Gasteiger partial charge in [0.05, 0.1) is 5.56 Å². The molecule has 0 aliphatic heterocycles. The van der Waals surface area contributed by atoms with Crippen LogP contribution in [0.2, 0.25) is 0 Å². The first-order valence-corrected chi connectivity index (χ1v) is 7.68. The first-order valence-electron chi connectivity index (χ1n) is 7.68. The monoisotopic (exact) mass is 274 g/mol. The second-order valence-electron chi connectivity index (χ2n) is 6.13. The van der Waals surface area contributed by atoms with Gasteiger partial charge in [-0.15, -0.1) is 0 Å². The minimum atomic E-state index is -0.873. The van der Waals surface area contributed by atoms with Crippen molar-refractivity contribution < 1.29 is 9.90 Å². The molecule has 1 aromatic rings. The molecule has 3 rings (SSSR count). The van der Waals surface area contributed by atoms with Crippen LogP contribution in [-0.4, -0.2) is 22.1 Å². The van der Waals surface area contributed by atoms with Crippen LogP contribution in [0.15, 0.2) is 12.1 Å². The van der Waals surface area contributed by atoms with E-state index in [1.165, 1.54) is 25.7 Å². The molecule has 108 valence electrons. The Kier molecular flexibility index (Phi) is 3.64. The summed E-state index contributed by atoms with van der Waals surface area (Å²) >= 11 is 0. The lowest BCUT2D eigenvalue weighted by Gasteiger charge is -2.19. The number of aromatic nitrogens is 1. The highest BCUT2D eigenvalue weighted by atomic mass is 16.4. The molecular weight excluding hydrogens is 252 g/mol. The summed E-state index contributed by atoms with van der Waals surface area (Å²) in [4.78, 5) is 15.8. The van der Waals surface area contributed by atoms with Crippen LogP contribution in [0, 0.1) is 11.8 Å². The van der Waals surface area contributed by atoms with E-state index in [9.17, 15) is 9.90 Å². The van der Waals surface area contributed by atoms with Gasteiger partial charge in [0.25, 0.3) is 0 Å². The van der Waals surface area contributed by atoms with Gasteiger partial charge >= 0.3 is 5.97 Å². The summed E-state index contributed by atoms with van der Waals surface area (Å²) in [5.74, 6) is 1.42. The summed E-state index contributed by atoms with van der Waals surface area (Å²) in [5, 5.41) is 12.7. The zero-order valence-electron chi connectivity index (χ0n) is 11.9. The van der Waals surface area contributed by atoms with Crippen molar-refractivity contribution in [2.45, 2.75) is 51.5 Å². The van der Waals surface area contributed by atoms with Gasteiger partial charge in [0, 0.05) is 11.7 Å². The van der Waals surface area contributed by atoms with Gasteiger partial charge in [-0.2, -0.15) is 0 Å². The van der Waals surface area contributed by atoms with Gasteiger partial charge in [-0.05, 0) is 56.1 Å². The van der Waals surface area contributed by atoms with Crippen molar-refractivity contribution in [3.63, 3.8) is 0 Å². The van der Waals surface area contributed by atoms with Crippen LogP contribution >= 0.6 is 0 Å². The molecule has 4 heteroatoms. The second-order valence-corrected chi connectivity index (χ2v) is 6.13. The SMILES string of the molecule is CCCc1cc(C(=O)O)cc(NC(C2CC2)C2CC2)n1. The van der Waals surface area contributed by atoms with Crippen molar-refractivity contribution >= 4 is 11.8 Å². The standard InChI is InChI=1S/C16H22N2O2/c1-2-3-13-8-12(16(19)20)9-14(17-13)18-15(10-4-5-10)11-6-7-11/h8-11,15H,2-7H2,1H3,(H,17,18)(H,19,20). The zero-order valence-corrected chi connectivity index (χ0v) is 11.9. The molecule has 2 aliphatic carbocycles. The third-order valence-corrected chi connectivity index (χ3v) is 4.21. The summed E-state index contributed by atoms with van der Waals surface area (Å²) in [5.41, 5.74) is 1.22. The van der Waals surface area contributed by atoms with Crippen LogP contribution in [-0.2, 0) is 6.42 Å². The number of carboxylic acid groups (broad SMARTS) is 1. The van der Waals surface area contributed by atoms with Crippen LogP contribution in [0.3, 0.4) is 0 Å². The molecule has 2 aliphatic rings. The van der Waals surface area contributed by atoms with Gasteiger partial charge in [0.1, 0.15) is 5.82 Å². The van der Waals surface area contributed by atoms with E-state index >= 15 is 0 Å². The van der Waals surface area contributed by atoms with Crippen LogP contribution < -0.4 is 5.32 Å². The van der Waals surface area contributed by atoms with Crippen LogP contribution in [0.1, 0.15) is 55.1 Å². The number of rotatable bonds is 7. The smallest absolute Gasteiger partial charge is 0.335 e. The number of nitrogens with one attached hydrogen (secondary N) is 1. The first-order chi connectivity index (χ1) is 9.67. The topological polar surface area (TPSA) is 62.2 Å². The fraction of sp³-hybridized carbons (Fsp3) is 0.625. The van der Waals surface area contributed by atoms with E-state index in [-0.39, 0.29) is 0 Å². The van der Waals surface area contributed by atoms with Gasteiger partial charge in [0.15, 0.2) is 0 Å². The Hall–Kier alpha value is -1.58. The highest BCUT2D eigenvalue weighted by molar-refractivity contribution is 5.88.